The topological polar surface area (TPSA) is 96.5 Å². The van der Waals surface area contributed by atoms with Gasteiger partial charge in [0.15, 0.2) is 0 Å². The van der Waals surface area contributed by atoms with Crippen LogP contribution in [-0.4, -0.2) is 30.6 Å². The Kier molecular flexibility index (Phi) is 10.6. The summed E-state index contributed by atoms with van der Waals surface area (Å²) in [6, 6.07) is 30.9. The van der Waals surface area contributed by atoms with Crippen molar-refractivity contribution in [2.24, 2.45) is 0 Å². The Hall–Kier alpha value is -4.82. The predicted octanol–water partition coefficient (Wildman–Crippen LogP) is 6.96. The first-order valence-electron chi connectivity index (χ1n) is 13.5. The molecule has 0 fully saturated rings. The molecule has 7 nitrogen and oxygen atoms in total. The molecule has 4 aromatic rings. The van der Waals surface area contributed by atoms with Gasteiger partial charge in [0.05, 0.1) is 12.9 Å². The largest absolute Gasteiger partial charge is 0.497 e. The number of rotatable bonds is 11. The number of carbonyl (C=O) groups excluding carboxylic acids is 3. The Labute approximate surface area is 250 Å². The molecule has 4 aromatic carbocycles. The normalized spacial score (nSPS) is 11.1. The van der Waals surface area contributed by atoms with Crippen LogP contribution in [0.3, 0.4) is 0 Å². The van der Waals surface area contributed by atoms with E-state index in [1.54, 1.807) is 67.8 Å². The predicted molar refractivity (Wildman–Crippen MR) is 170 cm³/mol. The fraction of sp³-hybridized carbons (Fsp3) is 0.147. The van der Waals surface area contributed by atoms with Gasteiger partial charge in [-0.05, 0) is 83.8 Å². The quantitative estimate of drug-likeness (QED) is 0.132. The molecule has 214 valence electrons. The molecule has 0 bridgehead atoms. The summed E-state index contributed by atoms with van der Waals surface area (Å²) in [5.41, 5.74) is 3.73. The summed E-state index contributed by atoms with van der Waals surface area (Å²) in [5.74, 6) is 0.323. The minimum absolute atomic E-state index is 0.0775. The molecule has 3 N–H and O–H groups in total. The van der Waals surface area contributed by atoms with Crippen molar-refractivity contribution in [3.63, 3.8) is 0 Å². The second-order valence-corrected chi connectivity index (χ2v) is 10.8. The summed E-state index contributed by atoms with van der Waals surface area (Å²) in [7, 11) is 1.56. The number of amides is 3. The molecule has 0 saturated heterocycles. The lowest BCUT2D eigenvalue weighted by molar-refractivity contribution is -0.114. The van der Waals surface area contributed by atoms with Crippen LogP contribution in [0.2, 0.25) is 0 Å². The van der Waals surface area contributed by atoms with E-state index in [0.717, 1.165) is 10.6 Å². The second kappa shape index (κ2) is 14.7. The molecule has 0 unspecified atom stereocenters. The van der Waals surface area contributed by atoms with Crippen LogP contribution in [0.15, 0.2) is 114 Å². The number of hydrogen-bond acceptors (Lipinski definition) is 5. The lowest BCUT2D eigenvalue weighted by atomic mass is 10.0. The van der Waals surface area contributed by atoms with Gasteiger partial charge in [-0.25, -0.2) is 0 Å². The van der Waals surface area contributed by atoms with Crippen LogP contribution >= 0.6 is 11.8 Å². The molecule has 4 rings (SSSR count). The number of ether oxygens (including phenoxy) is 1. The third-order valence-electron chi connectivity index (χ3n) is 6.28. The average Bonchev–Trinajstić information content (AvgIpc) is 3.01. The molecular formula is C34H33N3O4S. The number of benzene rings is 4. The molecule has 0 spiro atoms. The Morgan fingerprint density at radius 3 is 2.14 bits per heavy atom. The van der Waals surface area contributed by atoms with Crippen LogP contribution in [0.1, 0.15) is 41.3 Å². The number of anilines is 2. The van der Waals surface area contributed by atoms with Gasteiger partial charge < -0.3 is 20.7 Å². The van der Waals surface area contributed by atoms with Gasteiger partial charge >= 0.3 is 0 Å². The van der Waals surface area contributed by atoms with Gasteiger partial charge in [0, 0.05) is 21.8 Å². The van der Waals surface area contributed by atoms with Crippen molar-refractivity contribution in [1.29, 1.82) is 0 Å². The average molecular weight is 580 g/mol. The maximum Gasteiger partial charge on any atom is 0.272 e. The van der Waals surface area contributed by atoms with E-state index in [9.17, 15) is 14.4 Å². The van der Waals surface area contributed by atoms with Crippen LogP contribution in [0.5, 0.6) is 5.75 Å². The van der Waals surface area contributed by atoms with Crippen LogP contribution in [0.25, 0.3) is 6.08 Å². The summed E-state index contributed by atoms with van der Waals surface area (Å²) in [5, 5.41) is 8.49. The molecule has 0 atom stereocenters. The molecule has 3 amide bonds. The Morgan fingerprint density at radius 1 is 0.810 bits per heavy atom. The van der Waals surface area contributed by atoms with E-state index in [1.165, 1.54) is 17.3 Å². The summed E-state index contributed by atoms with van der Waals surface area (Å²) < 4.78 is 5.29. The molecule has 42 heavy (non-hydrogen) atoms. The Bertz CT molecular complexity index is 1550. The van der Waals surface area contributed by atoms with Crippen molar-refractivity contribution in [2.75, 3.05) is 23.5 Å². The highest BCUT2D eigenvalue weighted by atomic mass is 32.2. The van der Waals surface area contributed by atoms with Crippen molar-refractivity contribution < 1.29 is 19.1 Å². The number of hydrogen-bond donors (Lipinski definition) is 3. The Balaban J connectivity index is 1.39. The maximum absolute atomic E-state index is 13.3. The third kappa shape index (κ3) is 8.84. The zero-order chi connectivity index (χ0) is 29.9. The monoisotopic (exact) mass is 579 g/mol. The first kappa shape index (κ1) is 30.1. The van der Waals surface area contributed by atoms with Crippen molar-refractivity contribution in [2.45, 2.75) is 24.7 Å². The minimum Gasteiger partial charge on any atom is -0.497 e. The summed E-state index contributed by atoms with van der Waals surface area (Å²) in [4.78, 5) is 39.5. The molecule has 0 saturated carbocycles. The second-order valence-electron chi connectivity index (χ2n) is 9.75. The highest BCUT2D eigenvalue weighted by Crippen LogP contribution is 2.22. The molecule has 0 aliphatic heterocycles. The lowest BCUT2D eigenvalue weighted by Gasteiger charge is -2.12. The van der Waals surface area contributed by atoms with Gasteiger partial charge in [-0.3, -0.25) is 14.4 Å². The molecule has 8 heteroatoms. The van der Waals surface area contributed by atoms with Crippen LogP contribution < -0.4 is 20.7 Å². The minimum atomic E-state index is -0.481. The van der Waals surface area contributed by atoms with Crippen molar-refractivity contribution >= 4 is 46.9 Å². The van der Waals surface area contributed by atoms with E-state index in [1.807, 2.05) is 48.5 Å². The van der Waals surface area contributed by atoms with Gasteiger partial charge in [-0.15, -0.1) is 11.8 Å². The van der Waals surface area contributed by atoms with E-state index >= 15 is 0 Å². The molecule has 0 aliphatic rings. The fourth-order valence-electron chi connectivity index (χ4n) is 3.97. The van der Waals surface area contributed by atoms with Gasteiger partial charge in [0.1, 0.15) is 11.4 Å². The molecule has 0 heterocycles. The zero-order valence-corrected chi connectivity index (χ0v) is 24.5. The first-order valence-corrected chi connectivity index (χ1v) is 14.5. The van der Waals surface area contributed by atoms with E-state index in [4.69, 9.17) is 4.74 Å². The number of methoxy groups -OCH3 is 1. The van der Waals surface area contributed by atoms with Gasteiger partial charge in [-0.1, -0.05) is 56.3 Å². The number of nitrogens with one attached hydrogen (secondary N) is 3. The van der Waals surface area contributed by atoms with Gasteiger partial charge in [0.2, 0.25) is 5.91 Å². The molecular weight excluding hydrogens is 546 g/mol. The maximum atomic E-state index is 13.3. The third-order valence-corrected chi connectivity index (χ3v) is 7.29. The van der Waals surface area contributed by atoms with E-state index in [0.29, 0.717) is 28.5 Å². The standard InChI is InChI=1S/C34H33N3O4S/c1-23(2)25-12-14-27(15-13-25)35-32(38)22-42-30-18-16-28(17-19-30)36-34(40)31(21-24-8-7-11-29(20-24)41-3)37-33(39)26-9-5-4-6-10-26/h4-21,23H,22H2,1-3H3,(H,35,38)(H,36,40)(H,37,39)/b31-21-. The van der Waals surface area contributed by atoms with Crippen LogP contribution in [0, 0.1) is 0 Å². The smallest absolute Gasteiger partial charge is 0.272 e. The van der Waals surface area contributed by atoms with Crippen LogP contribution in [-0.2, 0) is 9.59 Å². The van der Waals surface area contributed by atoms with Crippen molar-refractivity contribution in [3.8, 4) is 5.75 Å². The van der Waals surface area contributed by atoms with Gasteiger partial charge in [0.25, 0.3) is 11.8 Å². The van der Waals surface area contributed by atoms with E-state index in [-0.39, 0.29) is 17.4 Å². The fourth-order valence-corrected chi connectivity index (χ4v) is 4.67. The zero-order valence-electron chi connectivity index (χ0n) is 23.7. The Morgan fingerprint density at radius 2 is 1.48 bits per heavy atom. The number of carbonyl (C=O) groups is 3. The summed E-state index contributed by atoms with van der Waals surface area (Å²) >= 11 is 1.40. The van der Waals surface area contributed by atoms with Crippen molar-refractivity contribution in [3.05, 3.63) is 126 Å². The molecule has 0 radical (unpaired) electrons. The molecule has 0 aliphatic carbocycles. The van der Waals surface area contributed by atoms with Crippen molar-refractivity contribution in [1.82, 2.24) is 5.32 Å². The first-order chi connectivity index (χ1) is 20.3. The van der Waals surface area contributed by atoms with Gasteiger partial charge in [-0.2, -0.15) is 0 Å². The number of thioether (sulfide) groups is 1. The van der Waals surface area contributed by atoms with Crippen LogP contribution in [0.4, 0.5) is 11.4 Å². The van der Waals surface area contributed by atoms with E-state index in [2.05, 4.69) is 29.8 Å². The molecule has 0 aromatic heterocycles. The SMILES string of the molecule is COc1cccc(/C=C(\NC(=O)c2ccccc2)C(=O)Nc2ccc(SCC(=O)Nc3ccc(C(C)C)cc3)cc2)c1. The highest BCUT2D eigenvalue weighted by Gasteiger charge is 2.15. The summed E-state index contributed by atoms with van der Waals surface area (Å²) in [6.07, 6.45) is 1.60. The summed E-state index contributed by atoms with van der Waals surface area (Å²) in [6.45, 7) is 4.26. The highest BCUT2D eigenvalue weighted by molar-refractivity contribution is 8.00. The lowest BCUT2D eigenvalue weighted by Crippen LogP contribution is -2.30. The van der Waals surface area contributed by atoms with E-state index < -0.39 is 11.8 Å².